The van der Waals surface area contributed by atoms with E-state index in [9.17, 15) is 4.39 Å². The van der Waals surface area contributed by atoms with Crippen LogP contribution in [0.3, 0.4) is 0 Å². The van der Waals surface area contributed by atoms with Gasteiger partial charge >= 0.3 is 0 Å². The Morgan fingerprint density at radius 1 is 0.933 bits per heavy atom. The number of anilines is 2. The highest BCUT2D eigenvalue weighted by Crippen LogP contribution is 2.19. The molecule has 0 saturated heterocycles. The molecule has 2 aromatic carbocycles. The summed E-state index contributed by atoms with van der Waals surface area (Å²) in [7, 11) is 0. The molecule has 1 N–H and O–H groups in total. The number of halogens is 2. The van der Waals surface area contributed by atoms with E-state index in [4.69, 9.17) is 11.6 Å². The predicted molar refractivity (Wildman–Crippen MR) is 61.1 cm³/mol. The molecule has 76 valence electrons. The van der Waals surface area contributed by atoms with Crippen molar-refractivity contribution in [1.29, 1.82) is 0 Å². The van der Waals surface area contributed by atoms with Crippen molar-refractivity contribution in [1.82, 2.24) is 0 Å². The second kappa shape index (κ2) is 4.32. The summed E-state index contributed by atoms with van der Waals surface area (Å²) in [6.07, 6.45) is 0. The van der Waals surface area contributed by atoms with Crippen LogP contribution in [0.4, 0.5) is 15.8 Å². The molecule has 0 amide bonds. The van der Waals surface area contributed by atoms with Crippen molar-refractivity contribution in [2.24, 2.45) is 0 Å². The molecule has 2 aromatic rings. The molecule has 0 aliphatic heterocycles. The SMILES string of the molecule is Fc1cccc(Nc2ccc(Cl)cc2)c1. The van der Waals surface area contributed by atoms with E-state index in [1.165, 1.54) is 12.1 Å². The van der Waals surface area contributed by atoms with Crippen LogP contribution in [0.5, 0.6) is 0 Å². The van der Waals surface area contributed by atoms with Crippen molar-refractivity contribution in [2.45, 2.75) is 0 Å². The van der Waals surface area contributed by atoms with Crippen molar-refractivity contribution in [3.05, 3.63) is 59.4 Å². The molecular weight excluding hydrogens is 213 g/mol. The fourth-order valence-corrected chi connectivity index (χ4v) is 1.39. The summed E-state index contributed by atoms with van der Waals surface area (Å²) < 4.78 is 12.9. The third kappa shape index (κ3) is 2.70. The van der Waals surface area contributed by atoms with Crippen LogP contribution in [0.25, 0.3) is 0 Å². The summed E-state index contributed by atoms with van der Waals surface area (Å²) in [6.45, 7) is 0. The molecule has 0 spiro atoms. The monoisotopic (exact) mass is 221 g/mol. The molecule has 0 bridgehead atoms. The summed E-state index contributed by atoms with van der Waals surface area (Å²) >= 11 is 5.75. The van der Waals surface area contributed by atoms with Crippen LogP contribution in [0.2, 0.25) is 5.02 Å². The van der Waals surface area contributed by atoms with Gasteiger partial charge in [0.1, 0.15) is 5.82 Å². The summed E-state index contributed by atoms with van der Waals surface area (Å²) in [4.78, 5) is 0. The third-order valence-corrected chi connectivity index (χ3v) is 2.21. The minimum atomic E-state index is -0.256. The average Bonchev–Trinajstić information content (AvgIpc) is 2.22. The Morgan fingerprint density at radius 2 is 1.67 bits per heavy atom. The Balaban J connectivity index is 2.18. The van der Waals surface area contributed by atoms with Gasteiger partial charge in [0, 0.05) is 16.4 Å². The van der Waals surface area contributed by atoms with Gasteiger partial charge in [0.15, 0.2) is 0 Å². The number of benzene rings is 2. The van der Waals surface area contributed by atoms with Crippen LogP contribution in [0.15, 0.2) is 48.5 Å². The lowest BCUT2D eigenvalue weighted by Crippen LogP contribution is -1.89. The van der Waals surface area contributed by atoms with Gasteiger partial charge in [0.25, 0.3) is 0 Å². The van der Waals surface area contributed by atoms with Gasteiger partial charge in [0.2, 0.25) is 0 Å². The third-order valence-electron chi connectivity index (χ3n) is 1.96. The summed E-state index contributed by atoms with van der Waals surface area (Å²) in [5, 5.41) is 3.75. The molecule has 0 aromatic heterocycles. The van der Waals surface area contributed by atoms with Gasteiger partial charge in [-0.2, -0.15) is 0 Å². The van der Waals surface area contributed by atoms with E-state index in [0.29, 0.717) is 5.02 Å². The Bertz CT molecular complexity index is 453. The van der Waals surface area contributed by atoms with Gasteiger partial charge in [-0.1, -0.05) is 17.7 Å². The number of rotatable bonds is 2. The number of nitrogens with one attached hydrogen (secondary N) is 1. The molecular formula is C12H9ClFN. The Labute approximate surface area is 92.5 Å². The van der Waals surface area contributed by atoms with E-state index in [2.05, 4.69) is 5.32 Å². The molecule has 0 heterocycles. The molecule has 0 fully saturated rings. The normalized spacial score (nSPS) is 10.0. The first-order chi connectivity index (χ1) is 7.24. The van der Waals surface area contributed by atoms with Crippen LogP contribution in [-0.2, 0) is 0 Å². The standard InChI is InChI=1S/C12H9ClFN/c13-9-4-6-11(7-5-9)15-12-3-1-2-10(14)8-12/h1-8,15H. The van der Waals surface area contributed by atoms with Gasteiger partial charge in [-0.05, 0) is 42.5 Å². The minimum Gasteiger partial charge on any atom is -0.355 e. The van der Waals surface area contributed by atoms with Crippen molar-refractivity contribution in [2.75, 3.05) is 5.32 Å². The maximum absolute atomic E-state index is 12.9. The highest BCUT2D eigenvalue weighted by molar-refractivity contribution is 6.30. The first-order valence-electron chi connectivity index (χ1n) is 4.52. The van der Waals surface area contributed by atoms with Crippen LogP contribution in [0.1, 0.15) is 0 Å². The quantitative estimate of drug-likeness (QED) is 0.801. The zero-order valence-electron chi connectivity index (χ0n) is 7.87. The van der Waals surface area contributed by atoms with Crippen LogP contribution >= 0.6 is 11.6 Å². The highest BCUT2D eigenvalue weighted by atomic mass is 35.5. The second-order valence-corrected chi connectivity index (χ2v) is 3.58. The van der Waals surface area contributed by atoms with Gasteiger partial charge < -0.3 is 5.32 Å². The van der Waals surface area contributed by atoms with Crippen LogP contribution < -0.4 is 5.32 Å². The van der Waals surface area contributed by atoms with Crippen LogP contribution in [0, 0.1) is 5.82 Å². The lowest BCUT2D eigenvalue weighted by molar-refractivity contribution is 0.628. The van der Waals surface area contributed by atoms with E-state index in [1.54, 1.807) is 24.3 Å². The Kier molecular flexibility index (Phi) is 2.88. The van der Waals surface area contributed by atoms with Gasteiger partial charge in [0.05, 0.1) is 0 Å². The molecule has 1 nitrogen and oxygen atoms in total. The lowest BCUT2D eigenvalue weighted by Gasteiger charge is -2.05. The number of hydrogen-bond donors (Lipinski definition) is 1. The van der Waals surface area contributed by atoms with Crippen molar-refractivity contribution in [3.63, 3.8) is 0 Å². The Hall–Kier alpha value is -1.54. The minimum absolute atomic E-state index is 0.256. The molecule has 15 heavy (non-hydrogen) atoms. The van der Waals surface area contributed by atoms with Crippen molar-refractivity contribution in [3.8, 4) is 0 Å². The lowest BCUT2D eigenvalue weighted by atomic mass is 10.2. The van der Waals surface area contributed by atoms with Gasteiger partial charge in [-0.25, -0.2) is 4.39 Å². The summed E-state index contributed by atoms with van der Waals surface area (Å²) in [6, 6.07) is 13.6. The van der Waals surface area contributed by atoms with Crippen molar-refractivity contribution >= 4 is 23.0 Å². The van der Waals surface area contributed by atoms with E-state index in [0.717, 1.165) is 11.4 Å². The second-order valence-electron chi connectivity index (χ2n) is 3.14. The molecule has 0 saturated carbocycles. The smallest absolute Gasteiger partial charge is 0.125 e. The topological polar surface area (TPSA) is 12.0 Å². The number of hydrogen-bond acceptors (Lipinski definition) is 1. The van der Waals surface area contributed by atoms with E-state index < -0.39 is 0 Å². The molecule has 2 rings (SSSR count). The maximum atomic E-state index is 12.9. The first-order valence-corrected chi connectivity index (χ1v) is 4.90. The Morgan fingerprint density at radius 3 is 2.33 bits per heavy atom. The van der Waals surface area contributed by atoms with E-state index in [1.807, 2.05) is 12.1 Å². The molecule has 0 atom stereocenters. The van der Waals surface area contributed by atoms with E-state index in [-0.39, 0.29) is 5.82 Å². The zero-order valence-corrected chi connectivity index (χ0v) is 8.63. The molecule has 0 unspecified atom stereocenters. The molecule has 3 heteroatoms. The van der Waals surface area contributed by atoms with Gasteiger partial charge in [-0.3, -0.25) is 0 Å². The molecule has 0 radical (unpaired) electrons. The largest absolute Gasteiger partial charge is 0.355 e. The van der Waals surface area contributed by atoms with Gasteiger partial charge in [-0.15, -0.1) is 0 Å². The average molecular weight is 222 g/mol. The van der Waals surface area contributed by atoms with E-state index >= 15 is 0 Å². The molecule has 0 aliphatic carbocycles. The summed E-state index contributed by atoms with van der Waals surface area (Å²) in [5.41, 5.74) is 1.60. The maximum Gasteiger partial charge on any atom is 0.125 e. The van der Waals surface area contributed by atoms with Crippen molar-refractivity contribution < 1.29 is 4.39 Å². The molecule has 0 aliphatic rings. The predicted octanol–water partition coefficient (Wildman–Crippen LogP) is 4.22. The zero-order chi connectivity index (χ0) is 10.7. The fourth-order valence-electron chi connectivity index (χ4n) is 1.27. The summed E-state index contributed by atoms with van der Waals surface area (Å²) in [5.74, 6) is -0.256. The van der Waals surface area contributed by atoms with Crippen LogP contribution in [-0.4, -0.2) is 0 Å². The first kappa shape index (κ1) is 9.99. The fraction of sp³-hybridized carbons (Fsp3) is 0. The highest BCUT2D eigenvalue weighted by Gasteiger charge is 1.96.